The lowest BCUT2D eigenvalue weighted by Gasteiger charge is -2.23. The van der Waals surface area contributed by atoms with Crippen molar-refractivity contribution in [3.05, 3.63) is 30.0 Å². The zero-order valence-corrected chi connectivity index (χ0v) is 18.3. The lowest BCUT2D eigenvalue weighted by Crippen LogP contribution is -2.39. The number of carbonyl (C=O) groups excluding carboxylic acids is 2. The Labute approximate surface area is 175 Å². The Bertz CT molecular complexity index is 775. The van der Waals surface area contributed by atoms with Gasteiger partial charge in [-0.25, -0.2) is 4.79 Å². The largest absolute Gasteiger partial charge is 0.467 e. The van der Waals surface area contributed by atoms with Gasteiger partial charge in [-0.1, -0.05) is 32.0 Å². The Morgan fingerprint density at radius 1 is 1.31 bits per heavy atom. The summed E-state index contributed by atoms with van der Waals surface area (Å²) < 4.78 is 7.22. The van der Waals surface area contributed by atoms with E-state index in [1.807, 2.05) is 14.1 Å². The molecule has 2 aromatic heterocycles. The number of nitrogens with one attached hydrogen (secondary N) is 2. The average Bonchev–Trinajstić information content (AvgIpc) is 3.33. The Kier molecular flexibility index (Phi) is 9.20. The van der Waals surface area contributed by atoms with Crippen molar-refractivity contribution >= 4 is 23.7 Å². The predicted molar refractivity (Wildman–Crippen MR) is 111 cm³/mol. The molecule has 1 atom stereocenters. The molecule has 0 unspecified atom stereocenters. The van der Waals surface area contributed by atoms with E-state index in [2.05, 4.69) is 44.1 Å². The van der Waals surface area contributed by atoms with Crippen LogP contribution >= 0.6 is 11.8 Å². The van der Waals surface area contributed by atoms with Gasteiger partial charge in [0.15, 0.2) is 11.0 Å². The monoisotopic (exact) mass is 422 g/mol. The molecule has 0 radical (unpaired) electrons. The van der Waals surface area contributed by atoms with Crippen molar-refractivity contribution in [3.63, 3.8) is 0 Å². The van der Waals surface area contributed by atoms with Crippen LogP contribution in [-0.4, -0.2) is 51.5 Å². The number of imide groups is 1. The third-order valence-corrected chi connectivity index (χ3v) is 5.34. The average molecular weight is 423 g/mol. The second-order valence-electron chi connectivity index (χ2n) is 6.83. The lowest BCUT2D eigenvalue weighted by atomic mass is 10.2. The highest BCUT2D eigenvalue weighted by Gasteiger charge is 2.22. The van der Waals surface area contributed by atoms with Crippen LogP contribution in [0.4, 0.5) is 4.79 Å². The topological polar surface area (TPSA) is 105 Å². The van der Waals surface area contributed by atoms with E-state index < -0.39 is 11.9 Å². The maximum absolute atomic E-state index is 12.1. The maximum Gasteiger partial charge on any atom is 0.321 e. The molecule has 9 nitrogen and oxygen atoms in total. The highest BCUT2D eigenvalue weighted by molar-refractivity contribution is 7.99. The van der Waals surface area contributed by atoms with Gasteiger partial charge in [-0.3, -0.25) is 15.0 Å². The molecule has 2 rings (SSSR count). The molecule has 29 heavy (non-hydrogen) atoms. The second-order valence-corrected chi connectivity index (χ2v) is 7.78. The molecule has 0 bridgehead atoms. The molecule has 0 aliphatic carbocycles. The van der Waals surface area contributed by atoms with Crippen LogP contribution in [0.3, 0.4) is 0 Å². The van der Waals surface area contributed by atoms with Gasteiger partial charge >= 0.3 is 6.03 Å². The summed E-state index contributed by atoms with van der Waals surface area (Å²) in [6.45, 7) is 5.27. The molecule has 0 spiro atoms. The van der Waals surface area contributed by atoms with Gasteiger partial charge in [-0.2, -0.15) is 0 Å². The van der Waals surface area contributed by atoms with E-state index in [9.17, 15) is 9.59 Å². The van der Waals surface area contributed by atoms with E-state index in [4.69, 9.17) is 4.42 Å². The molecule has 2 N–H and O–H groups in total. The molecular weight excluding hydrogens is 392 g/mol. The van der Waals surface area contributed by atoms with Crippen LogP contribution in [0, 0.1) is 0 Å². The fourth-order valence-electron chi connectivity index (χ4n) is 2.88. The van der Waals surface area contributed by atoms with E-state index in [1.54, 1.807) is 12.1 Å². The molecule has 0 aliphatic rings. The van der Waals surface area contributed by atoms with Crippen LogP contribution in [0.5, 0.6) is 0 Å². The fourth-order valence-corrected chi connectivity index (χ4v) is 3.65. The number of amides is 3. The predicted octanol–water partition coefficient (Wildman–Crippen LogP) is 2.80. The summed E-state index contributed by atoms with van der Waals surface area (Å²) in [7, 11) is 4.04. The van der Waals surface area contributed by atoms with Gasteiger partial charge in [-0.15, -0.1) is 10.2 Å². The summed E-state index contributed by atoms with van der Waals surface area (Å²) in [5, 5.41) is 14.3. The van der Waals surface area contributed by atoms with Crippen LogP contribution < -0.4 is 10.6 Å². The zero-order valence-electron chi connectivity index (χ0n) is 17.5. The van der Waals surface area contributed by atoms with Crippen molar-refractivity contribution < 1.29 is 14.0 Å². The number of hydrogen-bond acceptors (Lipinski definition) is 7. The van der Waals surface area contributed by atoms with Crippen molar-refractivity contribution in [2.45, 2.75) is 57.4 Å². The molecule has 160 valence electrons. The highest BCUT2D eigenvalue weighted by atomic mass is 32.2. The normalized spacial score (nSPS) is 12.2. The summed E-state index contributed by atoms with van der Waals surface area (Å²) in [6, 6.07) is 3.09. The Balaban J connectivity index is 1.93. The standard InChI is InChI=1S/C19H30N6O3S/c1-5-7-10-25-17(15(6-2)24(3)4)22-23-19(25)29-13-16(26)21-18(27)20-12-14-9-8-11-28-14/h8-9,11,15H,5-7,10,12-13H2,1-4H3,(H2,20,21,26,27)/t15-/m1/s1. The summed E-state index contributed by atoms with van der Waals surface area (Å²) >= 11 is 1.28. The lowest BCUT2D eigenvalue weighted by molar-refractivity contribution is -0.117. The third-order valence-electron chi connectivity index (χ3n) is 4.38. The molecule has 3 amide bonds. The minimum atomic E-state index is -0.557. The Hall–Kier alpha value is -2.33. The molecule has 0 aromatic carbocycles. The van der Waals surface area contributed by atoms with Crippen LogP contribution in [0.1, 0.15) is 50.7 Å². The van der Waals surface area contributed by atoms with Gasteiger partial charge in [0.05, 0.1) is 24.6 Å². The first-order chi connectivity index (χ1) is 14.0. The van der Waals surface area contributed by atoms with E-state index in [0.717, 1.165) is 31.6 Å². The Morgan fingerprint density at radius 3 is 2.72 bits per heavy atom. The summed E-state index contributed by atoms with van der Waals surface area (Å²) in [5.74, 6) is 1.21. The summed E-state index contributed by atoms with van der Waals surface area (Å²) in [4.78, 5) is 26.1. The first-order valence-electron chi connectivity index (χ1n) is 9.78. The SMILES string of the molecule is CCCCn1c(SCC(=O)NC(=O)NCc2ccco2)nnc1[C@@H](CC)N(C)C. The number of carbonyl (C=O) groups is 2. The summed E-state index contributed by atoms with van der Waals surface area (Å²) in [5.41, 5.74) is 0. The van der Waals surface area contributed by atoms with Gasteiger partial charge in [0, 0.05) is 6.54 Å². The first kappa shape index (κ1) is 23.0. The number of hydrogen-bond donors (Lipinski definition) is 2. The minimum Gasteiger partial charge on any atom is -0.467 e. The van der Waals surface area contributed by atoms with Gasteiger partial charge < -0.3 is 14.3 Å². The molecule has 2 heterocycles. The van der Waals surface area contributed by atoms with E-state index >= 15 is 0 Å². The van der Waals surface area contributed by atoms with Crippen molar-refractivity contribution in [1.82, 2.24) is 30.3 Å². The van der Waals surface area contributed by atoms with Crippen LogP contribution in [-0.2, 0) is 17.9 Å². The van der Waals surface area contributed by atoms with Crippen molar-refractivity contribution in [2.75, 3.05) is 19.8 Å². The minimum absolute atomic E-state index is 0.0805. The second kappa shape index (κ2) is 11.6. The number of urea groups is 1. The van der Waals surface area contributed by atoms with Gasteiger partial charge in [0.1, 0.15) is 5.76 Å². The number of unbranched alkanes of at least 4 members (excludes halogenated alkanes) is 1. The maximum atomic E-state index is 12.1. The van der Waals surface area contributed by atoms with Crippen molar-refractivity contribution in [2.24, 2.45) is 0 Å². The third kappa shape index (κ3) is 6.90. The van der Waals surface area contributed by atoms with Gasteiger partial charge in [0.2, 0.25) is 5.91 Å². The highest BCUT2D eigenvalue weighted by Crippen LogP contribution is 2.25. The number of thioether (sulfide) groups is 1. The fraction of sp³-hybridized carbons (Fsp3) is 0.579. The molecule has 0 saturated heterocycles. The number of furan rings is 1. The molecular formula is C19H30N6O3S. The molecule has 10 heteroatoms. The number of rotatable bonds is 11. The van der Waals surface area contributed by atoms with Crippen LogP contribution in [0.2, 0.25) is 0 Å². The molecule has 0 aliphatic heterocycles. The number of nitrogens with zero attached hydrogens (tertiary/aromatic N) is 4. The van der Waals surface area contributed by atoms with E-state index in [-0.39, 0.29) is 18.3 Å². The van der Waals surface area contributed by atoms with E-state index in [0.29, 0.717) is 10.9 Å². The molecule has 2 aromatic rings. The zero-order chi connectivity index (χ0) is 21.2. The number of aromatic nitrogens is 3. The molecule has 0 fully saturated rings. The molecule has 0 saturated carbocycles. The van der Waals surface area contributed by atoms with E-state index in [1.165, 1.54) is 18.0 Å². The first-order valence-corrected chi connectivity index (χ1v) is 10.8. The summed E-state index contributed by atoms with van der Waals surface area (Å²) in [6.07, 6.45) is 4.50. The smallest absolute Gasteiger partial charge is 0.321 e. The van der Waals surface area contributed by atoms with Gasteiger partial charge in [0.25, 0.3) is 0 Å². The Morgan fingerprint density at radius 2 is 2.10 bits per heavy atom. The van der Waals surface area contributed by atoms with Crippen LogP contribution in [0.15, 0.2) is 28.0 Å². The van der Waals surface area contributed by atoms with Crippen LogP contribution in [0.25, 0.3) is 0 Å². The van der Waals surface area contributed by atoms with Gasteiger partial charge in [-0.05, 0) is 39.1 Å². The van der Waals surface area contributed by atoms with Crippen molar-refractivity contribution in [1.29, 1.82) is 0 Å². The van der Waals surface area contributed by atoms with Crippen molar-refractivity contribution in [3.8, 4) is 0 Å². The quantitative estimate of drug-likeness (QED) is 0.536.